The maximum atomic E-state index is 12.0. The predicted molar refractivity (Wildman–Crippen MR) is 127 cm³/mol. The Labute approximate surface area is 198 Å². The molecule has 1 spiro atoms. The van der Waals surface area contributed by atoms with E-state index in [1.807, 2.05) is 16.8 Å². The Morgan fingerprint density at radius 3 is 2.48 bits per heavy atom. The van der Waals surface area contributed by atoms with Crippen molar-refractivity contribution in [3.8, 4) is 0 Å². The van der Waals surface area contributed by atoms with E-state index in [0.29, 0.717) is 24.6 Å². The Morgan fingerprint density at radius 2 is 1.82 bits per heavy atom. The SMILES string of the molecule is NC(=O)c1cn(C2CCCCC2N)nc1Nc1ccc(SN2CCC3(CC2)OCCO3)cc1. The van der Waals surface area contributed by atoms with Crippen molar-refractivity contribution in [3.63, 3.8) is 0 Å². The average Bonchev–Trinajstić information content (AvgIpc) is 3.45. The topological polar surface area (TPSA) is 121 Å². The average molecular weight is 473 g/mol. The van der Waals surface area contributed by atoms with Crippen molar-refractivity contribution in [2.24, 2.45) is 11.5 Å². The molecule has 5 rings (SSSR count). The molecule has 2 saturated heterocycles. The summed E-state index contributed by atoms with van der Waals surface area (Å²) in [6.07, 6.45) is 7.69. The van der Waals surface area contributed by atoms with Crippen LogP contribution in [0.25, 0.3) is 0 Å². The minimum absolute atomic E-state index is 0.0417. The summed E-state index contributed by atoms with van der Waals surface area (Å²) < 4.78 is 15.8. The number of nitrogens with zero attached hydrogens (tertiary/aromatic N) is 3. The van der Waals surface area contributed by atoms with Gasteiger partial charge < -0.3 is 26.3 Å². The number of benzene rings is 1. The molecule has 2 unspecified atom stereocenters. The van der Waals surface area contributed by atoms with Crippen LogP contribution in [0.5, 0.6) is 0 Å². The molecule has 0 bridgehead atoms. The van der Waals surface area contributed by atoms with Crippen molar-refractivity contribution < 1.29 is 14.3 Å². The molecule has 1 aromatic carbocycles. The van der Waals surface area contributed by atoms with E-state index in [9.17, 15) is 4.79 Å². The molecule has 33 heavy (non-hydrogen) atoms. The van der Waals surface area contributed by atoms with Gasteiger partial charge in [-0.1, -0.05) is 12.8 Å². The lowest BCUT2D eigenvalue weighted by molar-refractivity contribution is -0.178. The fourth-order valence-electron chi connectivity index (χ4n) is 4.89. The van der Waals surface area contributed by atoms with Crippen LogP contribution in [-0.2, 0) is 9.47 Å². The van der Waals surface area contributed by atoms with Gasteiger partial charge in [-0.05, 0) is 49.1 Å². The van der Waals surface area contributed by atoms with Crippen LogP contribution in [0.4, 0.5) is 11.5 Å². The highest BCUT2D eigenvalue weighted by molar-refractivity contribution is 7.97. The van der Waals surface area contributed by atoms with Crippen molar-refractivity contribution in [1.29, 1.82) is 0 Å². The second kappa shape index (κ2) is 9.63. The van der Waals surface area contributed by atoms with Crippen LogP contribution in [0, 0.1) is 0 Å². The summed E-state index contributed by atoms with van der Waals surface area (Å²) in [5.41, 5.74) is 13.2. The van der Waals surface area contributed by atoms with Crippen LogP contribution in [0.2, 0.25) is 0 Å². The first-order chi connectivity index (χ1) is 16.0. The maximum Gasteiger partial charge on any atom is 0.254 e. The number of hydrogen-bond donors (Lipinski definition) is 3. The van der Waals surface area contributed by atoms with Crippen LogP contribution in [-0.4, -0.2) is 58.1 Å². The van der Waals surface area contributed by atoms with Gasteiger partial charge in [0.25, 0.3) is 5.91 Å². The second-order valence-electron chi connectivity index (χ2n) is 9.03. The van der Waals surface area contributed by atoms with Crippen molar-refractivity contribution in [3.05, 3.63) is 36.0 Å². The first-order valence-electron chi connectivity index (χ1n) is 11.7. The Hall–Kier alpha value is -2.11. The van der Waals surface area contributed by atoms with Crippen molar-refractivity contribution in [1.82, 2.24) is 14.1 Å². The van der Waals surface area contributed by atoms with Crippen molar-refractivity contribution >= 4 is 29.4 Å². The number of carbonyl (C=O) groups is 1. The van der Waals surface area contributed by atoms with Gasteiger partial charge in [-0.25, -0.2) is 4.31 Å². The molecule has 1 amide bonds. The summed E-state index contributed by atoms with van der Waals surface area (Å²) in [6, 6.07) is 8.26. The number of carbonyl (C=O) groups excluding carboxylic acids is 1. The Balaban J connectivity index is 1.22. The fourth-order valence-corrected chi connectivity index (χ4v) is 5.81. The molecule has 9 nitrogen and oxygen atoms in total. The summed E-state index contributed by atoms with van der Waals surface area (Å²) in [7, 11) is 0. The van der Waals surface area contributed by atoms with E-state index in [2.05, 4.69) is 26.9 Å². The minimum atomic E-state index is -0.501. The lowest BCUT2D eigenvalue weighted by Crippen LogP contribution is -2.42. The number of nitrogens with one attached hydrogen (secondary N) is 1. The van der Waals surface area contributed by atoms with Gasteiger partial charge in [0.1, 0.15) is 5.56 Å². The molecule has 2 aromatic rings. The fraction of sp³-hybridized carbons (Fsp3) is 0.565. The Bertz CT molecular complexity index is 965. The van der Waals surface area contributed by atoms with Crippen molar-refractivity contribution in [2.75, 3.05) is 31.6 Å². The number of rotatable bonds is 6. The van der Waals surface area contributed by atoms with Gasteiger partial charge in [0.2, 0.25) is 0 Å². The molecule has 1 aliphatic carbocycles. The van der Waals surface area contributed by atoms with E-state index < -0.39 is 5.91 Å². The van der Waals surface area contributed by atoms with Gasteiger partial charge >= 0.3 is 0 Å². The van der Waals surface area contributed by atoms with Gasteiger partial charge in [-0.3, -0.25) is 9.48 Å². The van der Waals surface area contributed by atoms with E-state index in [4.69, 9.17) is 20.9 Å². The first-order valence-corrected chi connectivity index (χ1v) is 12.5. The smallest absolute Gasteiger partial charge is 0.254 e. The van der Waals surface area contributed by atoms with Crippen LogP contribution in [0.3, 0.4) is 0 Å². The van der Waals surface area contributed by atoms with E-state index in [0.717, 1.165) is 62.2 Å². The molecule has 3 fully saturated rings. The molecule has 3 aliphatic rings. The molecule has 2 aliphatic heterocycles. The number of anilines is 2. The number of ether oxygens (including phenoxy) is 2. The molecule has 1 saturated carbocycles. The number of amides is 1. The summed E-state index contributed by atoms with van der Waals surface area (Å²) in [5.74, 6) is -0.384. The molecular weight excluding hydrogens is 440 g/mol. The summed E-state index contributed by atoms with van der Waals surface area (Å²) in [6.45, 7) is 3.25. The minimum Gasteiger partial charge on any atom is -0.365 e. The zero-order valence-corrected chi connectivity index (χ0v) is 19.6. The van der Waals surface area contributed by atoms with Crippen LogP contribution < -0.4 is 16.8 Å². The van der Waals surface area contributed by atoms with Gasteiger partial charge in [0.05, 0.1) is 19.3 Å². The van der Waals surface area contributed by atoms with Crippen LogP contribution in [0.1, 0.15) is 54.9 Å². The predicted octanol–water partition coefficient (Wildman–Crippen LogP) is 3.01. The van der Waals surface area contributed by atoms with E-state index >= 15 is 0 Å². The third-order valence-corrected chi connectivity index (χ3v) is 7.87. The molecule has 2 atom stereocenters. The van der Waals surface area contributed by atoms with E-state index in [1.54, 1.807) is 18.1 Å². The zero-order valence-electron chi connectivity index (χ0n) is 18.7. The third-order valence-electron chi connectivity index (χ3n) is 6.77. The molecule has 1 aromatic heterocycles. The number of piperidine rings is 1. The maximum absolute atomic E-state index is 12.0. The highest BCUT2D eigenvalue weighted by atomic mass is 32.2. The zero-order chi connectivity index (χ0) is 22.8. The third kappa shape index (κ3) is 5.04. The quantitative estimate of drug-likeness (QED) is 0.549. The standard InChI is InChI=1S/C23H32N6O3S/c24-19-3-1-2-4-20(19)29-15-18(21(25)30)22(27-29)26-16-5-7-17(8-6-16)33-28-11-9-23(10-12-28)31-13-14-32-23/h5-8,15,19-20H,1-4,9-14,24H2,(H2,25,30)(H,26,27). The lowest BCUT2D eigenvalue weighted by Gasteiger charge is -2.36. The van der Waals surface area contributed by atoms with E-state index in [1.165, 1.54) is 0 Å². The molecule has 0 radical (unpaired) electrons. The van der Waals surface area contributed by atoms with Crippen molar-refractivity contribution in [2.45, 2.75) is 61.3 Å². The van der Waals surface area contributed by atoms with Gasteiger partial charge in [-0.2, -0.15) is 5.10 Å². The lowest BCUT2D eigenvalue weighted by atomic mass is 9.91. The highest BCUT2D eigenvalue weighted by Crippen LogP contribution is 2.36. The van der Waals surface area contributed by atoms with E-state index in [-0.39, 0.29) is 17.9 Å². The number of hydrogen-bond acceptors (Lipinski definition) is 8. The Morgan fingerprint density at radius 1 is 1.12 bits per heavy atom. The van der Waals surface area contributed by atoms with Crippen LogP contribution in [0.15, 0.2) is 35.4 Å². The monoisotopic (exact) mass is 472 g/mol. The number of primary amides is 1. The number of aromatic nitrogens is 2. The van der Waals surface area contributed by atoms with Gasteiger partial charge in [0.15, 0.2) is 11.6 Å². The molecule has 3 heterocycles. The number of nitrogens with two attached hydrogens (primary N) is 2. The summed E-state index contributed by atoms with van der Waals surface area (Å²) in [4.78, 5) is 13.2. The highest BCUT2D eigenvalue weighted by Gasteiger charge is 2.40. The molecule has 178 valence electrons. The first kappa shape index (κ1) is 22.7. The molecule has 5 N–H and O–H groups in total. The largest absolute Gasteiger partial charge is 0.365 e. The summed E-state index contributed by atoms with van der Waals surface area (Å²) >= 11 is 1.74. The Kier molecular flexibility index (Phi) is 6.62. The van der Waals surface area contributed by atoms with Gasteiger partial charge in [0, 0.05) is 48.8 Å². The summed E-state index contributed by atoms with van der Waals surface area (Å²) in [5, 5.41) is 7.90. The molecule has 10 heteroatoms. The molecular formula is C23H32N6O3S. The second-order valence-corrected chi connectivity index (χ2v) is 10.2. The normalized spacial score (nSPS) is 25.4. The van der Waals surface area contributed by atoms with Crippen LogP contribution >= 0.6 is 11.9 Å². The van der Waals surface area contributed by atoms with Gasteiger partial charge in [-0.15, -0.1) is 0 Å².